The summed E-state index contributed by atoms with van der Waals surface area (Å²) in [6.45, 7) is 5.99. The van der Waals surface area contributed by atoms with Gasteiger partial charge >= 0.3 is 5.97 Å². The van der Waals surface area contributed by atoms with E-state index in [2.05, 4.69) is 6.07 Å². The van der Waals surface area contributed by atoms with Crippen LogP contribution in [0.1, 0.15) is 32.6 Å². The van der Waals surface area contributed by atoms with Gasteiger partial charge in [0.25, 0.3) is 0 Å². The van der Waals surface area contributed by atoms with Crippen LogP contribution in [0.25, 0.3) is 0 Å². The molecule has 1 N–H and O–H groups in total. The molecule has 3 nitrogen and oxygen atoms in total. The Morgan fingerprint density at radius 1 is 1.19 bits per heavy atom. The van der Waals surface area contributed by atoms with E-state index < -0.39 is 11.8 Å². The van der Waals surface area contributed by atoms with Crippen LogP contribution in [-0.4, -0.2) is 11.1 Å². The summed E-state index contributed by atoms with van der Waals surface area (Å²) in [5.41, 5.74) is 3.47. The van der Waals surface area contributed by atoms with E-state index in [0.717, 1.165) is 22.8 Å². The summed E-state index contributed by atoms with van der Waals surface area (Å²) < 4.78 is 19.5. The number of carboxylic acid groups (broad SMARTS) is 1. The summed E-state index contributed by atoms with van der Waals surface area (Å²) in [5, 5.41) is 8.81. The van der Waals surface area contributed by atoms with Crippen molar-refractivity contribution in [1.82, 2.24) is 0 Å². The number of carboxylic acids is 1. The molecule has 0 aliphatic carbocycles. The average Bonchev–Trinajstić information content (AvgIpc) is 2.42. The minimum Gasteiger partial charge on any atom is -0.489 e. The van der Waals surface area contributed by atoms with Crippen LogP contribution in [0.5, 0.6) is 5.75 Å². The number of ether oxygens (including phenoxy) is 1. The third kappa shape index (κ3) is 3.40. The van der Waals surface area contributed by atoms with Crippen LogP contribution in [0.2, 0.25) is 0 Å². The monoisotopic (exact) mass is 288 g/mol. The van der Waals surface area contributed by atoms with Crippen molar-refractivity contribution in [1.29, 1.82) is 0 Å². The molecule has 4 heteroatoms. The number of carbonyl (C=O) groups is 1. The second kappa shape index (κ2) is 5.95. The fourth-order valence-corrected chi connectivity index (χ4v) is 2.10. The summed E-state index contributed by atoms with van der Waals surface area (Å²) in [6, 6.07) is 7.79. The Balaban J connectivity index is 2.19. The summed E-state index contributed by atoms with van der Waals surface area (Å²) in [7, 11) is 0. The van der Waals surface area contributed by atoms with Gasteiger partial charge in [0, 0.05) is 5.56 Å². The largest absolute Gasteiger partial charge is 0.489 e. The second-order valence-electron chi connectivity index (χ2n) is 5.10. The molecule has 0 aromatic heterocycles. The molecule has 2 aromatic carbocycles. The second-order valence-corrected chi connectivity index (χ2v) is 5.10. The fraction of sp³-hybridized carbons (Fsp3) is 0.235. The summed E-state index contributed by atoms with van der Waals surface area (Å²) in [5.74, 6) is -1.00. The lowest BCUT2D eigenvalue weighted by Crippen LogP contribution is -2.03. The van der Waals surface area contributed by atoms with E-state index in [0.29, 0.717) is 11.3 Å². The van der Waals surface area contributed by atoms with Crippen molar-refractivity contribution in [3.63, 3.8) is 0 Å². The van der Waals surface area contributed by atoms with Crippen LogP contribution < -0.4 is 4.74 Å². The first-order chi connectivity index (χ1) is 9.88. The number of hydrogen-bond donors (Lipinski definition) is 1. The lowest BCUT2D eigenvalue weighted by Gasteiger charge is -2.13. The van der Waals surface area contributed by atoms with Crippen molar-refractivity contribution in [3.8, 4) is 5.75 Å². The van der Waals surface area contributed by atoms with Gasteiger partial charge in [0.15, 0.2) is 0 Å². The number of rotatable bonds is 4. The van der Waals surface area contributed by atoms with Crippen molar-refractivity contribution >= 4 is 5.97 Å². The molecule has 110 valence electrons. The van der Waals surface area contributed by atoms with Gasteiger partial charge in [-0.3, -0.25) is 0 Å². The van der Waals surface area contributed by atoms with Gasteiger partial charge in [0.1, 0.15) is 18.2 Å². The zero-order valence-corrected chi connectivity index (χ0v) is 12.2. The first kappa shape index (κ1) is 15.0. The maximum Gasteiger partial charge on any atom is 0.335 e. The predicted molar refractivity (Wildman–Crippen MR) is 78.3 cm³/mol. The molecule has 0 bridgehead atoms. The number of halogens is 1. The fourth-order valence-electron chi connectivity index (χ4n) is 2.10. The van der Waals surface area contributed by atoms with E-state index in [-0.39, 0.29) is 12.2 Å². The van der Waals surface area contributed by atoms with Gasteiger partial charge in [-0.2, -0.15) is 0 Å². The van der Waals surface area contributed by atoms with Crippen molar-refractivity contribution in [2.75, 3.05) is 0 Å². The standard InChI is InChI=1S/C17H17FO3/c1-10-6-11(2)12(3)16(7-10)21-9-14-5-4-13(17(19)20)8-15(14)18/h4-8H,9H2,1-3H3,(H,19,20). The first-order valence-electron chi connectivity index (χ1n) is 6.61. The van der Waals surface area contributed by atoms with Crippen LogP contribution in [0.15, 0.2) is 30.3 Å². The van der Waals surface area contributed by atoms with E-state index in [1.807, 2.05) is 26.8 Å². The van der Waals surface area contributed by atoms with Gasteiger partial charge in [-0.05, 0) is 55.7 Å². The van der Waals surface area contributed by atoms with Crippen LogP contribution in [0, 0.1) is 26.6 Å². The molecule has 0 unspecified atom stereocenters. The Hall–Kier alpha value is -2.36. The molecule has 0 radical (unpaired) electrons. The minimum atomic E-state index is -1.15. The molecular formula is C17H17FO3. The van der Waals surface area contributed by atoms with Gasteiger partial charge in [0.2, 0.25) is 0 Å². The SMILES string of the molecule is Cc1cc(C)c(C)c(OCc2ccc(C(=O)O)cc2F)c1. The summed E-state index contributed by atoms with van der Waals surface area (Å²) in [6.07, 6.45) is 0. The Kier molecular flexibility index (Phi) is 4.26. The molecular weight excluding hydrogens is 271 g/mol. The van der Waals surface area contributed by atoms with Crippen molar-refractivity contribution in [3.05, 3.63) is 64.0 Å². The maximum absolute atomic E-state index is 13.8. The minimum absolute atomic E-state index is 0.0649. The van der Waals surface area contributed by atoms with E-state index >= 15 is 0 Å². The van der Waals surface area contributed by atoms with Gasteiger partial charge in [-0.1, -0.05) is 12.1 Å². The lowest BCUT2D eigenvalue weighted by molar-refractivity contribution is 0.0696. The zero-order chi connectivity index (χ0) is 15.6. The normalized spacial score (nSPS) is 10.5. The molecule has 0 saturated carbocycles. The molecule has 0 fully saturated rings. The lowest BCUT2D eigenvalue weighted by atomic mass is 10.1. The third-order valence-corrected chi connectivity index (χ3v) is 3.45. The topological polar surface area (TPSA) is 46.5 Å². The van der Waals surface area contributed by atoms with E-state index in [9.17, 15) is 9.18 Å². The number of aromatic carboxylic acids is 1. The molecule has 0 spiro atoms. The molecule has 0 atom stereocenters. The maximum atomic E-state index is 13.8. The molecule has 2 rings (SSSR count). The first-order valence-corrected chi connectivity index (χ1v) is 6.61. The number of aryl methyl sites for hydroxylation is 2. The molecule has 0 aliphatic rings. The Morgan fingerprint density at radius 3 is 2.52 bits per heavy atom. The molecule has 0 saturated heterocycles. The summed E-state index contributed by atoms with van der Waals surface area (Å²) >= 11 is 0. The third-order valence-electron chi connectivity index (χ3n) is 3.45. The number of hydrogen-bond acceptors (Lipinski definition) is 2. The van der Waals surface area contributed by atoms with Crippen molar-refractivity contribution in [2.45, 2.75) is 27.4 Å². The van der Waals surface area contributed by atoms with Crippen molar-refractivity contribution < 1.29 is 19.0 Å². The van der Waals surface area contributed by atoms with Crippen LogP contribution in [0.3, 0.4) is 0 Å². The molecule has 0 aliphatic heterocycles. The van der Waals surface area contributed by atoms with Crippen LogP contribution in [-0.2, 0) is 6.61 Å². The van der Waals surface area contributed by atoms with Gasteiger partial charge in [-0.15, -0.1) is 0 Å². The van der Waals surface area contributed by atoms with Gasteiger partial charge in [-0.25, -0.2) is 9.18 Å². The highest BCUT2D eigenvalue weighted by atomic mass is 19.1. The Bertz CT molecular complexity index is 693. The molecule has 21 heavy (non-hydrogen) atoms. The zero-order valence-electron chi connectivity index (χ0n) is 12.2. The predicted octanol–water partition coefficient (Wildman–Crippen LogP) is 4.03. The van der Waals surface area contributed by atoms with E-state index in [4.69, 9.17) is 9.84 Å². The Morgan fingerprint density at radius 2 is 1.90 bits per heavy atom. The van der Waals surface area contributed by atoms with Gasteiger partial charge in [0.05, 0.1) is 5.56 Å². The molecule has 2 aromatic rings. The molecule has 0 amide bonds. The highest BCUT2D eigenvalue weighted by molar-refractivity contribution is 5.87. The van der Waals surface area contributed by atoms with Gasteiger partial charge < -0.3 is 9.84 Å². The molecule has 0 heterocycles. The van der Waals surface area contributed by atoms with E-state index in [1.54, 1.807) is 0 Å². The highest BCUT2D eigenvalue weighted by Gasteiger charge is 2.10. The number of benzene rings is 2. The highest BCUT2D eigenvalue weighted by Crippen LogP contribution is 2.24. The Labute approximate surface area is 123 Å². The van der Waals surface area contributed by atoms with Crippen LogP contribution in [0.4, 0.5) is 4.39 Å². The van der Waals surface area contributed by atoms with E-state index in [1.165, 1.54) is 12.1 Å². The van der Waals surface area contributed by atoms with Crippen molar-refractivity contribution in [2.24, 2.45) is 0 Å². The summed E-state index contributed by atoms with van der Waals surface area (Å²) in [4.78, 5) is 10.8. The smallest absolute Gasteiger partial charge is 0.335 e. The average molecular weight is 288 g/mol. The quantitative estimate of drug-likeness (QED) is 0.924. The van der Waals surface area contributed by atoms with Crippen LogP contribution >= 0.6 is 0 Å².